The molecule has 0 heterocycles. The molecule has 0 saturated heterocycles. The van der Waals surface area contributed by atoms with E-state index in [9.17, 15) is 43.5 Å². The number of hydrogen-bond acceptors (Lipinski definition) is 7. The molecule has 0 aliphatic carbocycles. The molecular formula is C12H4F8O6S4. The number of rotatable bonds is 5. The van der Waals surface area contributed by atoms with E-state index in [0.717, 1.165) is 0 Å². The summed E-state index contributed by atoms with van der Waals surface area (Å²) in [6, 6.07) is 0. The van der Waals surface area contributed by atoms with Crippen molar-refractivity contribution in [3.8, 4) is 0 Å². The van der Waals surface area contributed by atoms with Gasteiger partial charge in [-0.25, -0.2) is 35.1 Å². The third kappa shape index (κ3) is 4.35. The Morgan fingerprint density at radius 2 is 0.767 bits per heavy atom. The predicted octanol–water partition coefficient (Wildman–Crippen LogP) is 5.43. The SMILES string of the molecule is O=S(=O)(O)c1c(F)c(F)c(SSc2c(F)c(F)c(S(O)(O)O)c(F)c2F)c(F)c1F. The number of benzene rings is 2. The molecule has 0 aliphatic heterocycles. The molecule has 6 nitrogen and oxygen atoms in total. The molecule has 18 heteroatoms. The summed E-state index contributed by atoms with van der Waals surface area (Å²) in [7, 11) is -12.1. The Bertz CT molecular complexity index is 1090. The molecular weight excluding hydrogens is 520 g/mol. The molecule has 0 radical (unpaired) electrons. The summed E-state index contributed by atoms with van der Waals surface area (Å²) < 4.78 is 167. The highest BCUT2D eigenvalue weighted by atomic mass is 33.1. The Morgan fingerprint density at radius 3 is 1.00 bits per heavy atom. The molecule has 0 saturated carbocycles. The van der Waals surface area contributed by atoms with Crippen molar-refractivity contribution in [2.75, 3.05) is 0 Å². The Balaban J connectivity index is 2.59. The molecule has 0 unspecified atom stereocenters. The number of halogens is 8. The molecule has 168 valence electrons. The van der Waals surface area contributed by atoms with E-state index in [1.165, 1.54) is 0 Å². The minimum absolute atomic E-state index is 0.541. The third-order valence-corrected chi connectivity index (χ3v) is 7.27. The molecule has 2 rings (SSSR count). The predicted molar refractivity (Wildman–Crippen MR) is 87.8 cm³/mol. The minimum atomic E-state index is -5.77. The van der Waals surface area contributed by atoms with Crippen molar-refractivity contribution >= 4 is 42.6 Å². The molecule has 0 amide bonds. The Morgan fingerprint density at radius 1 is 0.500 bits per heavy atom. The highest BCUT2D eigenvalue weighted by molar-refractivity contribution is 8.76. The minimum Gasteiger partial charge on any atom is -0.304 e. The maximum atomic E-state index is 13.9. The van der Waals surface area contributed by atoms with Gasteiger partial charge in [0.25, 0.3) is 0 Å². The van der Waals surface area contributed by atoms with Gasteiger partial charge in [0, 0.05) is 0 Å². The normalized spacial score (nSPS) is 13.1. The van der Waals surface area contributed by atoms with E-state index in [-0.39, 0.29) is 0 Å². The van der Waals surface area contributed by atoms with Gasteiger partial charge < -0.3 is 13.7 Å². The second kappa shape index (κ2) is 8.34. The largest absolute Gasteiger partial charge is 0.304 e. The molecule has 0 fully saturated rings. The maximum absolute atomic E-state index is 13.9. The van der Waals surface area contributed by atoms with Crippen LogP contribution in [0.2, 0.25) is 0 Å². The first-order chi connectivity index (χ1) is 13.5. The van der Waals surface area contributed by atoms with Gasteiger partial charge in [-0.05, 0) is 21.6 Å². The number of hydrogen-bond donors (Lipinski definition) is 4. The Hall–Kier alpha value is -1.28. The second-order valence-corrected chi connectivity index (χ2v) is 9.94. The van der Waals surface area contributed by atoms with Crippen molar-refractivity contribution in [1.82, 2.24) is 0 Å². The van der Waals surface area contributed by atoms with Crippen molar-refractivity contribution in [2.24, 2.45) is 0 Å². The summed E-state index contributed by atoms with van der Waals surface area (Å²) in [4.78, 5) is -8.02. The summed E-state index contributed by atoms with van der Waals surface area (Å²) in [6.07, 6.45) is 0. The van der Waals surface area contributed by atoms with Crippen LogP contribution in [0.5, 0.6) is 0 Å². The molecule has 0 atom stereocenters. The van der Waals surface area contributed by atoms with Crippen LogP contribution in [0.1, 0.15) is 0 Å². The lowest BCUT2D eigenvalue weighted by Gasteiger charge is -2.21. The summed E-state index contributed by atoms with van der Waals surface area (Å²) in [5.41, 5.74) is 0. The van der Waals surface area contributed by atoms with Gasteiger partial charge in [0.05, 0.1) is 9.79 Å². The van der Waals surface area contributed by atoms with Crippen LogP contribution < -0.4 is 0 Å². The van der Waals surface area contributed by atoms with E-state index < -0.39 is 109 Å². The van der Waals surface area contributed by atoms with Gasteiger partial charge in [0.1, 0.15) is 15.8 Å². The lowest BCUT2D eigenvalue weighted by atomic mass is 10.3. The van der Waals surface area contributed by atoms with Crippen LogP contribution in [-0.2, 0) is 10.1 Å². The summed E-state index contributed by atoms with van der Waals surface area (Å²) in [5, 5.41) is 0. The first-order valence-corrected chi connectivity index (χ1v) is 11.7. The van der Waals surface area contributed by atoms with E-state index >= 15 is 0 Å². The Labute approximate surface area is 170 Å². The smallest absolute Gasteiger partial charge is 0.300 e. The zero-order chi connectivity index (χ0) is 23.3. The lowest BCUT2D eigenvalue weighted by Crippen LogP contribution is -2.11. The van der Waals surface area contributed by atoms with Gasteiger partial charge in [0.2, 0.25) is 0 Å². The fraction of sp³-hybridized carbons (Fsp3) is 0. The van der Waals surface area contributed by atoms with Crippen molar-refractivity contribution in [3.05, 3.63) is 46.5 Å². The molecule has 0 bridgehead atoms. The quantitative estimate of drug-likeness (QED) is 0.177. The molecule has 4 N–H and O–H groups in total. The van der Waals surface area contributed by atoms with Crippen LogP contribution >= 0.6 is 32.5 Å². The van der Waals surface area contributed by atoms with E-state index in [1.807, 2.05) is 0 Å². The topological polar surface area (TPSA) is 115 Å². The van der Waals surface area contributed by atoms with Gasteiger partial charge in [-0.1, -0.05) is 0 Å². The zero-order valence-corrected chi connectivity index (χ0v) is 16.5. The highest BCUT2D eigenvalue weighted by Gasteiger charge is 2.36. The third-order valence-electron chi connectivity index (χ3n) is 3.11. The maximum Gasteiger partial charge on any atom is 0.300 e. The van der Waals surface area contributed by atoms with Gasteiger partial charge in [0.15, 0.2) is 51.4 Å². The molecule has 2 aromatic rings. The van der Waals surface area contributed by atoms with Gasteiger partial charge >= 0.3 is 10.1 Å². The summed E-state index contributed by atoms with van der Waals surface area (Å²) >= 11 is 0. The molecule has 0 spiro atoms. The highest BCUT2D eigenvalue weighted by Crippen LogP contribution is 2.51. The van der Waals surface area contributed by atoms with Crippen LogP contribution in [0.15, 0.2) is 19.6 Å². The van der Waals surface area contributed by atoms with E-state index in [0.29, 0.717) is 0 Å². The van der Waals surface area contributed by atoms with Crippen LogP contribution in [-0.4, -0.2) is 26.6 Å². The van der Waals surface area contributed by atoms with Crippen LogP contribution in [0.4, 0.5) is 35.1 Å². The van der Waals surface area contributed by atoms with Crippen LogP contribution in [0.3, 0.4) is 0 Å². The molecule has 2 aromatic carbocycles. The molecule has 0 aliphatic rings. The van der Waals surface area contributed by atoms with E-state index in [4.69, 9.17) is 18.2 Å². The van der Waals surface area contributed by atoms with Crippen molar-refractivity contribution in [2.45, 2.75) is 19.6 Å². The monoisotopic (exact) mass is 524 g/mol. The standard InChI is InChI=1S/C12H4F8O6S4/c13-1-5(17)11(29(21,22)23)6(18)2(14)9(1)27-28-10-3(15)7(19)12(30(24,25)26)8(20)4(10)16/h21-23H,(H,24,25,26). The fourth-order valence-corrected chi connectivity index (χ4v) is 5.37. The zero-order valence-electron chi connectivity index (χ0n) is 13.3. The first kappa shape index (κ1) is 25.0. The van der Waals surface area contributed by atoms with Crippen molar-refractivity contribution in [1.29, 1.82) is 0 Å². The van der Waals surface area contributed by atoms with Gasteiger partial charge in [-0.2, -0.15) is 8.42 Å². The molecule has 0 aromatic heterocycles. The lowest BCUT2D eigenvalue weighted by molar-refractivity contribution is 0.341. The first-order valence-electron chi connectivity index (χ1n) is 6.56. The fourth-order valence-electron chi connectivity index (χ4n) is 1.88. The summed E-state index contributed by atoms with van der Waals surface area (Å²) in [6.45, 7) is 0. The Kier molecular flexibility index (Phi) is 6.94. The van der Waals surface area contributed by atoms with E-state index in [2.05, 4.69) is 0 Å². The average molecular weight is 524 g/mol. The second-order valence-electron chi connectivity index (χ2n) is 4.99. The molecule has 30 heavy (non-hydrogen) atoms. The average Bonchev–Trinajstić information content (AvgIpc) is 2.58. The van der Waals surface area contributed by atoms with Crippen LogP contribution in [0, 0.1) is 46.5 Å². The van der Waals surface area contributed by atoms with Crippen LogP contribution in [0.25, 0.3) is 0 Å². The van der Waals surface area contributed by atoms with Gasteiger partial charge in [-0.3, -0.25) is 4.55 Å². The van der Waals surface area contributed by atoms with Crippen molar-refractivity contribution in [3.63, 3.8) is 0 Å². The van der Waals surface area contributed by atoms with Gasteiger partial charge in [-0.15, -0.1) is 0 Å². The van der Waals surface area contributed by atoms with E-state index in [1.54, 1.807) is 0 Å². The van der Waals surface area contributed by atoms with Crippen molar-refractivity contribution < 1.29 is 61.8 Å². The summed E-state index contributed by atoms with van der Waals surface area (Å²) in [5.74, 6) is -19.8.